The maximum absolute atomic E-state index is 13.7. The third-order valence-corrected chi connectivity index (χ3v) is 6.18. The van der Waals surface area contributed by atoms with Gasteiger partial charge in [-0.2, -0.15) is 5.10 Å². The lowest BCUT2D eigenvalue weighted by Crippen LogP contribution is -2.26. The van der Waals surface area contributed by atoms with E-state index < -0.39 is 18.0 Å². The summed E-state index contributed by atoms with van der Waals surface area (Å²) in [5.74, 6) is -0.672. The zero-order chi connectivity index (χ0) is 27.2. The number of benzene rings is 4. The lowest BCUT2D eigenvalue weighted by molar-refractivity contribution is -0.125. The number of aromatic nitrogens is 2. The Balaban J connectivity index is 1.51. The minimum Gasteiger partial charge on any atom is -0.495 e. The van der Waals surface area contributed by atoms with Crippen molar-refractivity contribution < 1.29 is 19.1 Å². The number of hydrogen-bond acceptors (Lipinski definition) is 5. The molecule has 39 heavy (non-hydrogen) atoms. The van der Waals surface area contributed by atoms with Crippen LogP contribution < -0.4 is 10.1 Å². The summed E-state index contributed by atoms with van der Waals surface area (Å²) in [7, 11) is 1.53. The van der Waals surface area contributed by atoms with E-state index in [2.05, 4.69) is 5.32 Å². The molecule has 1 heterocycles. The number of carbonyl (C=O) groups excluding carboxylic acids is 2. The second-order valence-electron chi connectivity index (χ2n) is 8.93. The Labute approximate surface area is 226 Å². The third-order valence-electron chi connectivity index (χ3n) is 6.18. The van der Waals surface area contributed by atoms with Gasteiger partial charge < -0.3 is 14.8 Å². The molecule has 7 nitrogen and oxygen atoms in total. The summed E-state index contributed by atoms with van der Waals surface area (Å²) in [6, 6.07) is 33.3. The Bertz CT molecular complexity index is 1580. The number of hydrogen-bond donors (Lipinski definition) is 1. The molecule has 0 fully saturated rings. The number of carbonyl (C=O) groups is 2. The summed E-state index contributed by atoms with van der Waals surface area (Å²) in [5, 5.41) is 7.57. The number of amides is 1. The number of anilines is 1. The molecule has 5 rings (SSSR count). The van der Waals surface area contributed by atoms with Crippen molar-refractivity contribution in [1.82, 2.24) is 9.78 Å². The SMILES string of the molecule is COc1ccc(C)cc1NC(=O)[C@@H](OC(=O)c1cn(-c2ccccc2)nc1-c1ccccc1)c1ccccc1. The number of nitrogens with zero attached hydrogens (tertiary/aromatic N) is 2. The van der Waals surface area contributed by atoms with Crippen LogP contribution in [0.5, 0.6) is 5.75 Å². The summed E-state index contributed by atoms with van der Waals surface area (Å²) < 4.78 is 13.0. The molecule has 1 atom stereocenters. The number of para-hydroxylation sites is 1. The number of aryl methyl sites for hydroxylation is 1. The van der Waals surface area contributed by atoms with Crippen LogP contribution in [0.3, 0.4) is 0 Å². The summed E-state index contributed by atoms with van der Waals surface area (Å²) in [6.07, 6.45) is 0.413. The van der Waals surface area contributed by atoms with Crippen molar-refractivity contribution in [3.63, 3.8) is 0 Å². The second kappa shape index (κ2) is 11.5. The molecule has 0 bridgehead atoms. The molecule has 0 aliphatic carbocycles. The Morgan fingerprint density at radius 1 is 0.846 bits per heavy atom. The first-order chi connectivity index (χ1) is 19.0. The van der Waals surface area contributed by atoms with E-state index >= 15 is 0 Å². The molecule has 0 spiro atoms. The first-order valence-corrected chi connectivity index (χ1v) is 12.5. The van der Waals surface area contributed by atoms with Crippen LogP contribution in [0.4, 0.5) is 5.69 Å². The van der Waals surface area contributed by atoms with Crippen molar-refractivity contribution in [2.24, 2.45) is 0 Å². The molecule has 4 aromatic carbocycles. The van der Waals surface area contributed by atoms with Crippen molar-refractivity contribution in [2.75, 3.05) is 12.4 Å². The topological polar surface area (TPSA) is 82.5 Å². The molecule has 0 saturated carbocycles. The second-order valence-corrected chi connectivity index (χ2v) is 8.93. The van der Waals surface area contributed by atoms with Crippen LogP contribution in [0.15, 0.2) is 115 Å². The van der Waals surface area contributed by atoms with Crippen LogP contribution in [0, 0.1) is 6.92 Å². The van der Waals surface area contributed by atoms with Gasteiger partial charge in [0.25, 0.3) is 5.91 Å². The van der Waals surface area contributed by atoms with E-state index in [4.69, 9.17) is 14.6 Å². The van der Waals surface area contributed by atoms with Crippen LogP contribution in [0.1, 0.15) is 27.6 Å². The predicted octanol–water partition coefficient (Wildman–Crippen LogP) is 6.39. The van der Waals surface area contributed by atoms with E-state index in [1.165, 1.54) is 7.11 Å². The minimum atomic E-state index is -1.22. The minimum absolute atomic E-state index is 0.243. The number of methoxy groups -OCH3 is 1. The van der Waals surface area contributed by atoms with Gasteiger partial charge in [0, 0.05) is 17.3 Å². The number of nitrogens with one attached hydrogen (secondary N) is 1. The summed E-state index contributed by atoms with van der Waals surface area (Å²) in [5.41, 5.74) is 4.21. The van der Waals surface area contributed by atoms with Crippen molar-refractivity contribution in [3.05, 3.63) is 132 Å². The molecule has 7 heteroatoms. The van der Waals surface area contributed by atoms with Gasteiger partial charge in [-0.25, -0.2) is 9.48 Å². The van der Waals surface area contributed by atoms with Crippen LogP contribution in [-0.4, -0.2) is 28.8 Å². The molecule has 0 saturated heterocycles. The Morgan fingerprint density at radius 2 is 1.49 bits per heavy atom. The normalized spacial score (nSPS) is 11.4. The number of rotatable bonds is 8. The number of esters is 1. The van der Waals surface area contributed by atoms with Gasteiger partial charge in [-0.1, -0.05) is 84.9 Å². The average molecular weight is 518 g/mol. The molecule has 1 aromatic heterocycles. The molecule has 0 aliphatic heterocycles. The molecular weight excluding hydrogens is 490 g/mol. The van der Waals surface area contributed by atoms with Crippen LogP contribution in [0.25, 0.3) is 16.9 Å². The van der Waals surface area contributed by atoms with Gasteiger partial charge in [0.2, 0.25) is 6.10 Å². The van der Waals surface area contributed by atoms with E-state index in [1.807, 2.05) is 79.7 Å². The highest BCUT2D eigenvalue weighted by atomic mass is 16.5. The largest absolute Gasteiger partial charge is 0.495 e. The van der Waals surface area contributed by atoms with Gasteiger partial charge in [-0.3, -0.25) is 4.79 Å². The zero-order valence-electron chi connectivity index (χ0n) is 21.6. The molecule has 1 N–H and O–H groups in total. The smallest absolute Gasteiger partial charge is 0.343 e. The zero-order valence-corrected chi connectivity index (χ0v) is 21.6. The quantitative estimate of drug-likeness (QED) is 0.241. The van der Waals surface area contributed by atoms with Gasteiger partial charge in [-0.05, 0) is 36.8 Å². The van der Waals surface area contributed by atoms with Gasteiger partial charge in [-0.15, -0.1) is 0 Å². The lowest BCUT2D eigenvalue weighted by Gasteiger charge is -2.19. The maximum atomic E-state index is 13.7. The van der Waals surface area contributed by atoms with Crippen molar-refractivity contribution >= 4 is 17.6 Å². The highest BCUT2D eigenvalue weighted by Gasteiger charge is 2.29. The van der Waals surface area contributed by atoms with Crippen molar-refractivity contribution in [2.45, 2.75) is 13.0 Å². The van der Waals surface area contributed by atoms with Crippen molar-refractivity contribution in [1.29, 1.82) is 0 Å². The standard InChI is InChI=1S/C32H27N3O4/c1-22-18-19-28(38-2)27(20-22)33-31(36)30(24-14-8-4-9-15-24)39-32(37)26-21-35(25-16-10-5-11-17-25)34-29(26)23-12-6-3-7-13-23/h3-21,30H,1-2H3,(H,33,36)/t30-/m0/s1. The van der Waals surface area contributed by atoms with Gasteiger partial charge in [0.15, 0.2) is 0 Å². The fraction of sp³-hybridized carbons (Fsp3) is 0.0938. The first-order valence-electron chi connectivity index (χ1n) is 12.5. The van der Waals surface area contributed by atoms with E-state index in [9.17, 15) is 9.59 Å². The van der Waals surface area contributed by atoms with Crippen LogP contribution >= 0.6 is 0 Å². The van der Waals surface area contributed by atoms with Crippen molar-refractivity contribution in [3.8, 4) is 22.7 Å². The summed E-state index contributed by atoms with van der Waals surface area (Å²) >= 11 is 0. The summed E-state index contributed by atoms with van der Waals surface area (Å²) in [6.45, 7) is 1.92. The maximum Gasteiger partial charge on any atom is 0.343 e. The van der Waals surface area contributed by atoms with Crippen LogP contribution in [0.2, 0.25) is 0 Å². The highest BCUT2D eigenvalue weighted by Crippen LogP contribution is 2.30. The van der Waals surface area contributed by atoms with Gasteiger partial charge in [0.05, 0.1) is 18.5 Å². The first kappa shape index (κ1) is 25.5. The Hall–Kier alpha value is -5.17. The van der Waals surface area contributed by atoms with Gasteiger partial charge >= 0.3 is 5.97 Å². The van der Waals surface area contributed by atoms with E-state index in [0.717, 1.165) is 16.8 Å². The molecule has 0 unspecified atom stereocenters. The Morgan fingerprint density at radius 3 is 2.15 bits per heavy atom. The highest BCUT2D eigenvalue weighted by molar-refractivity contribution is 6.01. The van der Waals surface area contributed by atoms with E-state index in [0.29, 0.717) is 22.7 Å². The fourth-order valence-electron chi connectivity index (χ4n) is 4.23. The molecular formula is C32H27N3O4. The fourth-order valence-corrected chi connectivity index (χ4v) is 4.23. The molecule has 0 radical (unpaired) electrons. The monoisotopic (exact) mass is 517 g/mol. The molecule has 0 aliphatic rings. The predicted molar refractivity (Wildman–Crippen MR) is 150 cm³/mol. The molecule has 194 valence electrons. The molecule has 5 aromatic rings. The summed E-state index contributed by atoms with van der Waals surface area (Å²) in [4.78, 5) is 27.3. The van der Waals surface area contributed by atoms with Crippen LogP contribution in [-0.2, 0) is 9.53 Å². The Kier molecular flexibility index (Phi) is 7.50. The number of ether oxygens (including phenoxy) is 2. The third kappa shape index (κ3) is 5.72. The lowest BCUT2D eigenvalue weighted by atomic mass is 10.1. The van der Waals surface area contributed by atoms with E-state index in [1.54, 1.807) is 47.3 Å². The average Bonchev–Trinajstić information content (AvgIpc) is 3.43. The van der Waals surface area contributed by atoms with E-state index in [-0.39, 0.29) is 5.56 Å². The molecule has 1 amide bonds. The van der Waals surface area contributed by atoms with Gasteiger partial charge in [0.1, 0.15) is 17.0 Å².